The number of nitrogens with one attached hydrogen (secondary N) is 3. The predicted molar refractivity (Wildman–Crippen MR) is 123 cm³/mol. The average Bonchev–Trinajstić information content (AvgIpc) is 3.42. The average molecular weight is 433 g/mol. The van der Waals surface area contributed by atoms with E-state index in [2.05, 4.69) is 39.8 Å². The summed E-state index contributed by atoms with van der Waals surface area (Å²) in [7, 11) is 0. The SMILES string of the molecule is CCNC(=O)[C@@]1(Cc2ccccc2-c2ccccc2)CCN(C(=O)Cc2c[nH][nH]c2=O)C1. The van der Waals surface area contributed by atoms with E-state index in [4.69, 9.17) is 0 Å². The van der Waals surface area contributed by atoms with Crippen LogP contribution in [0.25, 0.3) is 11.1 Å². The van der Waals surface area contributed by atoms with Crippen LogP contribution >= 0.6 is 0 Å². The number of hydrogen-bond acceptors (Lipinski definition) is 3. The monoisotopic (exact) mass is 432 g/mol. The van der Waals surface area contributed by atoms with Gasteiger partial charge in [-0.1, -0.05) is 54.6 Å². The number of aromatic nitrogens is 2. The molecule has 1 aliphatic rings. The van der Waals surface area contributed by atoms with E-state index in [-0.39, 0.29) is 23.8 Å². The molecule has 2 aromatic carbocycles. The largest absolute Gasteiger partial charge is 0.356 e. The molecule has 3 aromatic rings. The third-order valence-electron chi connectivity index (χ3n) is 6.22. The highest BCUT2D eigenvalue weighted by atomic mass is 16.2. The Morgan fingerprint density at radius 2 is 1.81 bits per heavy atom. The topological polar surface area (TPSA) is 98.1 Å². The van der Waals surface area contributed by atoms with Crippen LogP contribution in [0.3, 0.4) is 0 Å². The van der Waals surface area contributed by atoms with Crippen LogP contribution in [0, 0.1) is 5.41 Å². The van der Waals surface area contributed by atoms with Gasteiger partial charge in [0.25, 0.3) is 5.56 Å². The minimum Gasteiger partial charge on any atom is -0.356 e. The molecular formula is C25H28N4O3. The van der Waals surface area contributed by atoms with Crippen LogP contribution < -0.4 is 10.9 Å². The molecular weight excluding hydrogens is 404 g/mol. The van der Waals surface area contributed by atoms with Gasteiger partial charge in [0.15, 0.2) is 0 Å². The Kier molecular flexibility index (Phi) is 6.25. The molecule has 1 aliphatic heterocycles. The minimum absolute atomic E-state index is 0.0188. The van der Waals surface area contributed by atoms with Crippen molar-refractivity contribution >= 4 is 11.8 Å². The predicted octanol–water partition coefficient (Wildman–Crippen LogP) is 2.51. The Balaban J connectivity index is 1.60. The molecule has 32 heavy (non-hydrogen) atoms. The number of amides is 2. The molecule has 7 nitrogen and oxygen atoms in total. The molecule has 1 saturated heterocycles. The van der Waals surface area contributed by atoms with Crippen LogP contribution in [-0.4, -0.2) is 46.5 Å². The maximum atomic E-state index is 13.2. The van der Waals surface area contributed by atoms with Crippen molar-refractivity contribution in [3.05, 3.63) is 82.3 Å². The van der Waals surface area contributed by atoms with Crippen LogP contribution in [0.5, 0.6) is 0 Å². The minimum atomic E-state index is -0.707. The fraction of sp³-hybridized carbons (Fsp3) is 0.320. The molecule has 2 heterocycles. The number of aromatic amines is 2. The smallest absolute Gasteiger partial charge is 0.267 e. The van der Waals surface area contributed by atoms with Crippen LogP contribution in [0.2, 0.25) is 0 Å². The Bertz CT molecular complexity index is 1150. The van der Waals surface area contributed by atoms with Crippen LogP contribution in [0.15, 0.2) is 65.6 Å². The van der Waals surface area contributed by atoms with Gasteiger partial charge in [-0.05, 0) is 36.5 Å². The van der Waals surface area contributed by atoms with Crippen molar-refractivity contribution in [1.29, 1.82) is 0 Å². The number of likely N-dealkylation sites (tertiary alicyclic amines) is 1. The summed E-state index contributed by atoms with van der Waals surface area (Å²) in [6, 6.07) is 18.3. The van der Waals surface area contributed by atoms with E-state index in [0.717, 1.165) is 16.7 Å². The first-order valence-electron chi connectivity index (χ1n) is 11.0. The third-order valence-corrected chi connectivity index (χ3v) is 6.22. The van der Waals surface area contributed by atoms with Crippen molar-refractivity contribution in [2.24, 2.45) is 5.41 Å². The van der Waals surface area contributed by atoms with Crippen molar-refractivity contribution in [3.63, 3.8) is 0 Å². The van der Waals surface area contributed by atoms with Crippen molar-refractivity contribution in [3.8, 4) is 11.1 Å². The maximum Gasteiger partial charge on any atom is 0.267 e. The van der Waals surface area contributed by atoms with E-state index in [1.54, 1.807) is 4.90 Å². The molecule has 1 fully saturated rings. The van der Waals surface area contributed by atoms with Crippen LogP contribution in [0.1, 0.15) is 24.5 Å². The number of carbonyl (C=O) groups is 2. The lowest BCUT2D eigenvalue weighted by atomic mass is 9.78. The second kappa shape index (κ2) is 9.26. The second-order valence-electron chi connectivity index (χ2n) is 8.35. The fourth-order valence-corrected chi connectivity index (χ4v) is 4.52. The first-order chi connectivity index (χ1) is 15.5. The zero-order chi connectivity index (χ0) is 22.6. The molecule has 1 aromatic heterocycles. The van der Waals surface area contributed by atoms with Gasteiger partial charge in [-0.2, -0.15) is 0 Å². The lowest BCUT2D eigenvalue weighted by Crippen LogP contribution is -2.45. The van der Waals surface area contributed by atoms with E-state index >= 15 is 0 Å². The number of rotatable bonds is 7. The summed E-state index contributed by atoms with van der Waals surface area (Å²) in [5.74, 6) is -0.171. The summed E-state index contributed by atoms with van der Waals surface area (Å²) in [4.78, 5) is 39.6. The van der Waals surface area contributed by atoms with E-state index in [0.29, 0.717) is 38.0 Å². The van der Waals surface area contributed by atoms with Gasteiger partial charge in [-0.3, -0.25) is 19.5 Å². The number of carbonyl (C=O) groups excluding carboxylic acids is 2. The first-order valence-corrected chi connectivity index (χ1v) is 11.0. The maximum absolute atomic E-state index is 13.2. The standard InChI is InChI=1S/C25H28N4O3/c1-2-26-24(32)25(12-13-29(17-25)22(30)14-20-16-27-28-23(20)31)15-19-10-6-7-11-21(19)18-8-4-3-5-9-18/h3-11,16H,2,12-15,17H2,1H3,(H,26,32)(H2,27,28,31)/t25-/m1/s1. The molecule has 0 radical (unpaired) electrons. The Morgan fingerprint density at radius 3 is 2.53 bits per heavy atom. The van der Waals surface area contributed by atoms with Crippen LogP contribution in [0.4, 0.5) is 0 Å². The van der Waals surface area contributed by atoms with Gasteiger partial charge in [0.2, 0.25) is 11.8 Å². The molecule has 1 atom stereocenters. The Hall–Kier alpha value is -3.61. The van der Waals surface area contributed by atoms with Crippen LogP contribution in [-0.2, 0) is 22.4 Å². The number of nitrogens with zero attached hydrogens (tertiary/aromatic N) is 1. The van der Waals surface area contributed by atoms with Gasteiger partial charge in [-0.25, -0.2) is 0 Å². The molecule has 7 heteroatoms. The highest BCUT2D eigenvalue weighted by Gasteiger charge is 2.46. The third kappa shape index (κ3) is 4.37. The fourth-order valence-electron chi connectivity index (χ4n) is 4.52. The molecule has 0 saturated carbocycles. The molecule has 4 rings (SSSR count). The van der Waals surface area contributed by atoms with Gasteiger partial charge in [-0.15, -0.1) is 0 Å². The quantitative estimate of drug-likeness (QED) is 0.535. The summed E-state index contributed by atoms with van der Waals surface area (Å²) < 4.78 is 0. The zero-order valence-electron chi connectivity index (χ0n) is 18.2. The summed E-state index contributed by atoms with van der Waals surface area (Å²) in [6.45, 7) is 3.27. The lowest BCUT2D eigenvalue weighted by molar-refractivity contribution is -0.132. The number of benzene rings is 2. The first kappa shape index (κ1) is 21.6. The van der Waals surface area contributed by atoms with Gasteiger partial charge in [0, 0.05) is 31.4 Å². The van der Waals surface area contributed by atoms with Gasteiger partial charge >= 0.3 is 0 Å². The summed E-state index contributed by atoms with van der Waals surface area (Å²) in [5, 5.41) is 8.07. The Morgan fingerprint density at radius 1 is 1.06 bits per heavy atom. The molecule has 2 amide bonds. The van der Waals surface area contributed by atoms with Crippen molar-refractivity contribution in [1.82, 2.24) is 20.4 Å². The summed E-state index contributed by atoms with van der Waals surface area (Å²) in [5.41, 5.74) is 2.69. The highest BCUT2D eigenvalue weighted by Crippen LogP contribution is 2.37. The van der Waals surface area contributed by atoms with E-state index in [1.165, 1.54) is 6.20 Å². The second-order valence-corrected chi connectivity index (χ2v) is 8.35. The lowest BCUT2D eigenvalue weighted by Gasteiger charge is -2.29. The summed E-state index contributed by atoms with van der Waals surface area (Å²) in [6.07, 6.45) is 2.66. The van der Waals surface area contributed by atoms with Gasteiger partial charge in [0.1, 0.15) is 0 Å². The molecule has 0 unspecified atom stereocenters. The number of hydrogen-bond donors (Lipinski definition) is 3. The van der Waals surface area contributed by atoms with Crippen molar-refractivity contribution < 1.29 is 9.59 Å². The molecule has 166 valence electrons. The van der Waals surface area contributed by atoms with E-state index < -0.39 is 5.41 Å². The van der Waals surface area contributed by atoms with Crippen molar-refractivity contribution in [2.75, 3.05) is 19.6 Å². The Labute approximate surface area is 186 Å². The van der Waals surface area contributed by atoms with Crippen molar-refractivity contribution in [2.45, 2.75) is 26.2 Å². The van der Waals surface area contributed by atoms with Gasteiger partial charge < -0.3 is 15.3 Å². The molecule has 0 bridgehead atoms. The van der Waals surface area contributed by atoms with Gasteiger partial charge in [0.05, 0.1) is 11.8 Å². The highest BCUT2D eigenvalue weighted by molar-refractivity contribution is 5.86. The zero-order valence-corrected chi connectivity index (χ0v) is 18.2. The molecule has 3 N–H and O–H groups in total. The molecule has 0 aliphatic carbocycles. The van der Waals surface area contributed by atoms with E-state index in [9.17, 15) is 14.4 Å². The normalized spacial score (nSPS) is 18.0. The number of H-pyrrole nitrogens is 2. The molecule has 0 spiro atoms. The summed E-state index contributed by atoms with van der Waals surface area (Å²) >= 11 is 0. The van der Waals surface area contributed by atoms with E-state index in [1.807, 2.05) is 37.3 Å².